The minimum Gasteiger partial charge on any atom is -0.378 e. The van der Waals surface area contributed by atoms with Crippen molar-refractivity contribution in [2.24, 2.45) is 0 Å². The number of halogens is 1. The number of hydrogen-bond acceptors (Lipinski definition) is 7. The number of methoxy groups -OCH3 is 1. The van der Waals surface area contributed by atoms with Crippen LogP contribution in [0.15, 0.2) is 41.4 Å². The average Bonchev–Trinajstić information content (AvgIpc) is 3.04. The van der Waals surface area contributed by atoms with Crippen LogP contribution in [0, 0.1) is 5.82 Å². The molecule has 1 saturated heterocycles. The highest BCUT2D eigenvalue weighted by Gasteiger charge is 2.37. The third kappa shape index (κ3) is 4.18. The maximum Gasteiger partial charge on any atom is 0.243 e. The molecule has 0 bridgehead atoms. The van der Waals surface area contributed by atoms with E-state index in [2.05, 4.69) is 14.7 Å². The fourth-order valence-corrected chi connectivity index (χ4v) is 4.30. The molecule has 0 aliphatic carbocycles. The molecule has 27 heavy (non-hydrogen) atoms. The third-order valence-electron chi connectivity index (χ3n) is 4.35. The van der Waals surface area contributed by atoms with Crippen molar-refractivity contribution in [2.75, 3.05) is 44.1 Å². The summed E-state index contributed by atoms with van der Waals surface area (Å²) < 4.78 is 47.1. The molecule has 0 spiro atoms. The van der Waals surface area contributed by atoms with Crippen LogP contribution in [-0.4, -0.2) is 64.8 Å². The number of ether oxygens (including phenoxy) is 1. The van der Waals surface area contributed by atoms with E-state index in [4.69, 9.17) is 4.74 Å². The molecule has 2 aromatic rings. The van der Waals surface area contributed by atoms with Crippen molar-refractivity contribution >= 4 is 21.8 Å². The van der Waals surface area contributed by atoms with Crippen LogP contribution in [0.1, 0.15) is 0 Å². The predicted molar refractivity (Wildman–Crippen MR) is 99.9 cm³/mol. The first kappa shape index (κ1) is 19.5. The van der Waals surface area contributed by atoms with E-state index in [1.165, 1.54) is 25.3 Å². The Bertz CT molecular complexity index is 909. The summed E-state index contributed by atoms with van der Waals surface area (Å²) in [5, 5.41) is 0. The Morgan fingerprint density at radius 2 is 2.00 bits per heavy atom. The largest absolute Gasteiger partial charge is 0.378 e. The van der Waals surface area contributed by atoms with E-state index in [9.17, 15) is 12.8 Å². The van der Waals surface area contributed by atoms with Gasteiger partial charge in [-0.2, -0.15) is 4.98 Å². The highest BCUT2D eigenvalue weighted by atomic mass is 32.2. The van der Waals surface area contributed by atoms with Gasteiger partial charge in [0.1, 0.15) is 16.5 Å². The number of aromatic nitrogens is 2. The molecule has 0 saturated carbocycles. The van der Waals surface area contributed by atoms with Crippen molar-refractivity contribution in [1.29, 1.82) is 0 Å². The summed E-state index contributed by atoms with van der Waals surface area (Å²) in [5.74, 6) is 0.431. The third-order valence-corrected chi connectivity index (χ3v) is 5.88. The number of benzene rings is 1. The van der Waals surface area contributed by atoms with E-state index in [1.54, 1.807) is 17.2 Å². The van der Waals surface area contributed by atoms with Gasteiger partial charge < -0.3 is 14.5 Å². The van der Waals surface area contributed by atoms with Crippen LogP contribution in [0.5, 0.6) is 0 Å². The van der Waals surface area contributed by atoms with Gasteiger partial charge in [-0.15, -0.1) is 0 Å². The second-order valence-electron chi connectivity index (χ2n) is 6.45. The van der Waals surface area contributed by atoms with Gasteiger partial charge in [0.15, 0.2) is 0 Å². The Morgan fingerprint density at radius 3 is 2.67 bits per heavy atom. The smallest absolute Gasteiger partial charge is 0.243 e. The number of rotatable bonds is 6. The molecular formula is C17H22FN5O3S. The second-order valence-corrected chi connectivity index (χ2v) is 8.13. The molecule has 2 heterocycles. The Morgan fingerprint density at radius 1 is 1.26 bits per heavy atom. The first-order chi connectivity index (χ1) is 12.8. The van der Waals surface area contributed by atoms with E-state index in [-0.39, 0.29) is 4.90 Å². The topological polar surface area (TPSA) is 87.7 Å². The van der Waals surface area contributed by atoms with E-state index in [1.807, 2.05) is 19.0 Å². The minimum atomic E-state index is -4.02. The molecule has 3 rings (SSSR count). The molecular weight excluding hydrogens is 373 g/mol. The van der Waals surface area contributed by atoms with Crippen molar-refractivity contribution < 1.29 is 17.5 Å². The zero-order chi connectivity index (χ0) is 19.6. The normalized spacial score (nSPS) is 20.1. The molecule has 0 radical (unpaired) electrons. The Hall–Kier alpha value is -2.30. The van der Waals surface area contributed by atoms with Crippen LogP contribution in [0.3, 0.4) is 0 Å². The molecule has 8 nitrogen and oxygen atoms in total. The van der Waals surface area contributed by atoms with Gasteiger partial charge >= 0.3 is 0 Å². The molecule has 10 heteroatoms. The molecule has 1 aliphatic rings. The molecule has 2 atom stereocenters. The van der Waals surface area contributed by atoms with Gasteiger partial charge in [0.2, 0.25) is 16.0 Å². The van der Waals surface area contributed by atoms with E-state index >= 15 is 0 Å². The molecule has 1 N–H and O–H groups in total. The predicted octanol–water partition coefficient (Wildman–Crippen LogP) is 0.864. The van der Waals surface area contributed by atoms with Crippen LogP contribution in [0.4, 0.5) is 16.2 Å². The molecule has 1 aromatic heterocycles. The average molecular weight is 395 g/mol. The molecule has 0 amide bonds. The van der Waals surface area contributed by atoms with Crippen molar-refractivity contribution in [3.63, 3.8) is 0 Å². The van der Waals surface area contributed by atoms with Gasteiger partial charge in [-0.3, -0.25) is 0 Å². The lowest BCUT2D eigenvalue weighted by Crippen LogP contribution is -2.43. The molecule has 1 aliphatic heterocycles. The van der Waals surface area contributed by atoms with Gasteiger partial charge in [-0.25, -0.2) is 22.5 Å². The van der Waals surface area contributed by atoms with Crippen molar-refractivity contribution in [1.82, 2.24) is 14.7 Å². The van der Waals surface area contributed by atoms with Crippen molar-refractivity contribution in [2.45, 2.75) is 17.0 Å². The standard InChI is InChI=1S/C17H22FN5O3S/c1-22(2)17-19-9-8-16(20-17)23-10-13(14(11-23)26-3)21-27(24,25)15-7-5-4-6-12(15)18/h4-9,13-14,21H,10-11H2,1-3H3/t13-,14+/m0/s1. The zero-order valence-electron chi connectivity index (χ0n) is 15.3. The van der Waals surface area contributed by atoms with E-state index in [0.29, 0.717) is 24.9 Å². The lowest BCUT2D eigenvalue weighted by molar-refractivity contribution is 0.104. The number of hydrogen-bond donors (Lipinski definition) is 1. The summed E-state index contributed by atoms with van der Waals surface area (Å²) in [6, 6.07) is 6.50. The van der Waals surface area contributed by atoms with Crippen LogP contribution in [0.2, 0.25) is 0 Å². The first-order valence-corrected chi connectivity index (χ1v) is 9.85. The summed E-state index contributed by atoms with van der Waals surface area (Å²) in [7, 11) is 1.18. The van der Waals surface area contributed by atoms with Crippen molar-refractivity contribution in [3.05, 3.63) is 42.3 Å². The van der Waals surface area contributed by atoms with E-state index < -0.39 is 28.0 Å². The number of nitrogens with one attached hydrogen (secondary N) is 1. The summed E-state index contributed by atoms with van der Waals surface area (Å²) >= 11 is 0. The summed E-state index contributed by atoms with van der Waals surface area (Å²) in [6.45, 7) is 0.793. The highest BCUT2D eigenvalue weighted by molar-refractivity contribution is 7.89. The first-order valence-electron chi connectivity index (χ1n) is 8.37. The lowest BCUT2D eigenvalue weighted by atomic mass is 10.2. The number of anilines is 2. The van der Waals surface area contributed by atoms with Crippen LogP contribution < -0.4 is 14.5 Å². The van der Waals surface area contributed by atoms with Gasteiger partial charge in [-0.1, -0.05) is 12.1 Å². The van der Waals surface area contributed by atoms with Gasteiger partial charge in [-0.05, 0) is 18.2 Å². The van der Waals surface area contributed by atoms with Gasteiger partial charge in [0, 0.05) is 40.5 Å². The summed E-state index contributed by atoms with van der Waals surface area (Å²) in [5.41, 5.74) is 0. The minimum absolute atomic E-state index is 0.343. The van der Waals surface area contributed by atoms with Crippen LogP contribution in [0.25, 0.3) is 0 Å². The fraction of sp³-hybridized carbons (Fsp3) is 0.412. The Kier molecular flexibility index (Phi) is 5.59. The maximum atomic E-state index is 13.9. The SMILES string of the molecule is CO[C@@H]1CN(c2ccnc(N(C)C)n2)C[C@@H]1NS(=O)(=O)c1ccccc1F. The lowest BCUT2D eigenvalue weighted by Gasteiger charge is -2.19. The highest BCUT2D eigenvalue weighted by Crippen LogP contribution is 2.23. The fourth-order valence-electron chi connectivity index (χ4n) is 2.97. The monoisotopic (exact) mass is 395 g/mol. The quantitative estimate of drug-likeness (QED) is 0.776. The zero-order valence-corrected chi connectivity index (χ0v) is 16.1. The molecule has 0 unspecified atom stereocenters. The van der Waals surface area contributed by atoms with Gasteiger partial charge in [0.25, 0.3) is 0 Å². The molecule has 146 valence electrons. The number of nitrogens with zero attached hydrogens (tertiary/aromatic N) is 4. The van der Waals surface area contributed by atoms with E-state index in [0.717, 1.165) is 6.07 Å². The Balaban J connectivity index is 1.81. The number of sulfonamides is 1. The van der Waals surface area contributed by atoms with Crippen molar-refractivity contribution in [3.8, 4) is 0 Å². The van der Waals surface area contributed by atoms with Crippen LogP contribution in [-0.2, 0) is 14.8 Å². The Labute approximate surface area is 158 Å². The summed E-state index contributed by atoms with van der Waals surface area (Å²) in [4.78, 5) is 12.0. The van der Waals surface area contributed by atoms with Gasteiger partial charge in [0.05, 0.1) is 12.1 Å². The maximum absolute atomic E-state index is 13.9. The second kappa shape index (κ2) is 7.75. The molecule has 1 aromatic carbocycles. The molecule has 1 fully saturated rings. The summed E-state index contributed by atoms with van der Waals surface area (Å²) in [6.07, 6.45) is 1.25. The van der Waals surface area contributed by atoms with Crippen LogP contribution >= 0.6 is 0 Å².